The third kappa shape index (κ3) is 3.09. The first-order valence-electron chi connectivity index (χ1n) is 7.72. The standard InChI is InChI=1S/C19H17ClN2O/c20-17-6-2-1-5-16(17)18(23)22-15-9-7-14(8-10-15)19(13-21)11-3-4-12-19/h1-2,5-10H,3-4,11-12H2,(H,22,23). The average molecular weight is 325 g/mol. The highest BCUT2D eigenvalue weighted by atomic mass is 35.5. The lowest BCUT2D eigenvalue weighted by Crippen LogP contribution is -2.19. The van der Waals surface area contributed by atoms with E-state index in [4.69, 9.17) is 11.6 Å². The summed E-state index contributed by atoms with van der Waals surface area (Å²) in [5, 5.41) is 12.8. The minimum absolute atomic E-state index is 0.237. The Labute approximate surface area is 140 Å². The molecule has 0 aromatic heterocycles. The normalized spacial score (nSPS) is 15.8. The number of benzene rings is 2. The zero-order valence-electron chi connectivity index (χ0n) is 12.7. The number of halogens is 1. The number of amides is 1. The zero-order valence-corrected chi connectivity index (χ0v) is 13.4. The van der Waals surface area contributed by atoms with E-state index in [-0.39, 0.29) is 11.3 Å². The van der Waals surface area contributed by atoms with Crippen molar-refractivity contribution in [2.75, 3.05) is 5.32 Å². The van der Waals surface area contributed by atoms with Crippen LogP contribution < -0.4 is 5.32 Å². The van der Waals surface area contributed by atoms with Crippen molar-refractivity contribution in [2.24, 2.45) is 0 Å². The van der Waals surface area contributed by atoms with Crippen molar-refractivity contribution < 1.29 is 4.79 Å². The quantitative estimate of drug-likeness (QED) is 0.870. The average Bonchev–Trinajstić information content (AvgIpc) is 3.06. The van der Waals surface area contributed by atoms with Crippen molar-refractivity contribution in [1.29, 1.82) is 5.26 Å². The van der Waals surface area contributed by atoms with Crippen molar-refractivity contribution in [3.8, 4) is 6.07 Å². The highest BCUT2D eigenvalue weighted by Crippen LogP contribution is 2.40. The van der Waals surface area contributed by atoms with Crippen LogP contribution in [-0.2, 0) is 5.41 Å². The van der Waals surface area contributed by atoms with Crippen LogP contribution in [0.15, 0.2) is 48.5 Å². The van der Waals surface area contributed by atoms with E-state index >= 15 is 0 Å². The number of anilines is 1. The molecule has 1 fully saturated rings. The minimum Gasteiger partial charge on any atom is -0.322 e. The van der Waals surface area contributed by atoms with Gasteiger partial charge in [0.15, 0.2) is 0 Å². The van der Waals surface area contributed by atoms with Gasteiger partial charge in [0.2, 0.25) is 0 Å². The molecular formula is C19H17ClN2O. The molecule has 3 rings (SSSR count). The van der Waals surface area contributed by atoms with Crippen LogP contribution >= 0.6 is 11.6 Å². The summed E-state index contributed by atoms with van der Waals surface area (Å²) in [7, 11) is 0. The molecule has 1 aliphatic carbocycles. The molecule has 0 spiro atoms. The molecule has 0 unspecified atom stereocenters. The fourth-order valence-corrected chi connectivity index (χ4v) is 3.38. The Morgan fingerprint density at radius 2 is 1.74 bits per heavy atom. The Hall–Kier alpha value is -2.31. The van der Waals surface area contributed by atoms with E-state index in [1.54, 1.807) is 24.3 Å². The molecule has 2 aromatic carbocycles. The number of hydrogen-bond donors (Lipinski definition) is 1. The van der Waals surface area contributed by atoms with Crippen LogP contribution in [0.1, 0.15) is 41.6 Å². The van der Waals surface area contributed by atoms with Crippen molar-refractivity contribution in [1.82, 2.24) is 0 Å². The second-order valence-electron chi connectivity index (χ2n) is 5.91. The van der Waals surface area contributed by atoms with E-state index in [2.05, 4.69) is 11.4 Å². The molecule has 0 heterocycles. The van der Waals surface area contributed by atoms with E-state index in [9.17, 15) is 10.1 Å². The number of carbonyl (C=O) groups excluding carboxylic acids is 1. The Balaban J connectivity index is 1.77. The van der Waals surface area contributed by atoms with Gasteiger partial charge in [-0.1, -0.05) is 48.7 Å². The molecule has 0 saturated heterocycles. The van der Waals surface area contributed by atoms with E-state index in [1.165, 1.54) is 0 Å². The number of nitrogens with zero attached hydrogens (tertiary/aromatic N) is 1. The third-order valence-electron chi connectivity index (χ3n) is 4.48. The second kappa shape index (κ2) is 6.44. The van der Waals surface area contributed by atoms with Crippen LogP contribution in [-0.4, -0.2) is 5.91 Å². The summed E-state index contributed by atoms with van der Waals surface area (Å²) in [6, 6.07) is 17.0. The summed E-state index contributed by atoms with van der Waals surface area (Å²) in [5.41, 5.74) is 1.83. The second-order valence-corrected chi connectivity index (χ2v) is 6.32. The van der Waals surface area contributed by atoms with Crippen LogP contribution in [0.2, 0.25) is 5.02 Å². The molecular weight excluding hydrogens is 308 g/mol. The Morgan fingerprint density at radius 3 is 2.35 bits per heavy atom. The lowest BCUT2D eigenvalue weighted by molar-refractivity contribution is 0.102. The van der Waals surface area contributed by atoms with Crippen molar-refractivity contribution >= 4 is 23.2 Å². The molecule has 0 bridgehead atoms. The molecule has 1 amide bonds. The van der Waals surface area contributed by atoms with E-state index in [1.807, 2.05) is 24.3 Å². The predicted octanol–water partition coefficient (Wildman–Crippen LogP) is 4.93. The van der Waals surface area contributed by atoms with Crippen LogP contribution in [0.5, 0.6) is 0 Å². The third-order valence-corrected chi connectivity index (χ3v) is 4.81. The molecule has 0 aliphatic heterocycles. The molecule has 1 aliphatic rings. The van der Waals surface area contributed by atoms with Gasteiger partial charge in [-0.2, -0.15) is 5.26 Å². The van der Waals surface area contributed by atoms with Crippen LogP contribution in [0.25, 0.3) is 0 Å². The summed E-state index contributed by atoms with van der Waals surface area (Å²) in [6.07, 6.45) is 4.01. The van der Waals surface area contributed by atoms with Gasteiger partial charge >= 0.3 is 0 Å². The number of nitriles is 1. The SMILES string of the molecule is N#CC1(c2ccc(NC(=O)c3ccccc3Cl)cc2)CCCC1. The maximum absolute atomic E-state index is 12.2. The first kappa shape index (κ1) is 15.6. The lowest BCUT2D eigenvalue weighted by atomic mass is 9.80. The topological polar surface area (TPSA) is 52.9 Å². The molecule has 3 nitrogen and oxygen atoms in total. The van der Waals surface area contributed by atoms with E-state index in [0.29, 0.717) is 16.3 Å². The van der Waals surface area contributed by atoms with E-state index < -0.39 is 0 Å². The van der Waals surface area contributed by atoms with Gasteiger partial charge in [0.25, 0.3) is 5.91 Å². The first-order valence-corrected chi connectivity index (χ1v) is 8.10. The maximum Gasteiger partial charge on any atom is 0.257 e. The first-order chi connectivity index (χ1) is 11.1. The van der Waals surface area contributed by atoms with Crippen molar-refractivity contribution in [3.05, 3.63) is 64.7 Å². The summed E-state index contributed by atoms with van der Waals surface area (Å²) in [6.45, 7) is 0. The molecule has 0 radical (unpaired) electrons. The fraction of sp³-hybridized carbons (Fsp3) is 0.263. The molecule has 4 heteroatoms. The predicted molar refractivity (Wildman–Crippen MR) is 91.6 cm³/mol. The number of carbonyl (C=O) groups is 1. The van der Waals surface area contributed by atoms with Crippen molar-refractivity contribution in [3.63, 3.8) is 0 Å². The lowest BCUT2D eigenvalue weighted by Gasteiger charge is -2.21. The number of rotatable bonds is 3. The summed E-state index contributed by atoms with van der Waals surface area (Å²) in [4.78, 5) is 12.2. The molecule has 0 atom stereocenters. The van der Waals surface area contributed by atoms with Crippen LogP contribution in [0.4, 0.5) is 5.69 Å². The summed E-state index contributed by atoms with van der Waals surface area (Å²) < 4.78 is 0. The highest BCUT2D eigenvalue weighted by Gasteiger charge is 2.35. The minimum atomic E-state index is -0.356. The summed E-state index contributed by atoms with van der Waals surface area (Å²) >= 11 is 6.04. The zero-order chi connectivity index (χ0) is 16.3. The Morgan fingerprint density at radius 1 is 1.09 bits per heavy atom. The molecule has 116 valence electrons. The van der Waals surface area contributed by atoms with Crippen molar-refractivity contribution in [2.45, 2.75) is 31.1 Å². The highest BCUT2D eigenvalue weighted by molar-refractivity contribution is 6.34. The molecule has 2 aromatic rings. The fourth-order valence-electron chi connectivity index (χ4n) is 3.16. The number of hydrogen-bond acceptors (Lipinski definition) is 2. The van der Waals surface area contributed by atoms with Gasteiger partial charge in [0.1, 0.15) is 0 Å². The van der Waals surface area contributed by atoms with Gasteiger partial charge in [0.05, 0.1) is 22.1 Å². The van der Waals surface area contributed by atoms with Gasteiger partial charge in [-0.3, -0.25) is 4.79 Å². The smallest absolute Gasteiger partial charge is 0.257 e. The van der Waals surface area contributed by atoms with Gasteiger partial charge in [-0.15, -0.1) is 0 Å². The monoisotopic (exact) mass is 324 g/mol. The Bertz CT molecular complexity index is 756. The van der Waals surface area contributed by atoms with E-state index in [0.717, 1.165) is 31.2 Å². The van der Waals surface area contributed by atoms with Crippen LogP contribution in [0, 0.1) is 11.3 Å². The van der Waals surface area contributed by atoms with Gasteiger partial charge in [-0.25, -0.2) is 0 Å². The van der Waals surface area contributed by atoms with Gasteiger partial charge < -0.3 is 5.32 Å². The largest absolute Gasteiger partial charge is 0.322 e. The molecule has 1 saturated carbocycles. The van der Waals surface area contributed by atoms with Crippen LogP contribution in [0.3, 0.4) is 0 Å². The molecule has 23 heavy (non-hydrogen) atoms. The Kier molecular flexibility index (Phi) is 4.36. The van der Waals surface area contributed by atoms with Gasteiger partial charge in [-0.05, 0) is 42.7 Å². The number of nitrogens with one attached hydrogen (secondary N) is 1. The molecule has 1 N–H and O–H groups in total. The summed E-state index contributed by atoms with van der Waals surface area (Å²) in [5.74, 6) is -0.237. The maximum atomic E-state index is 12.2. The van der Waals surface area contributed by atoms with Gasteiger partial charge in [0, 0.05) is 5.69 Å².